The minimum absolute atomic E-state index is 0.163. The van der Waals surface area contributed by atoms with Crippen molar-refractivity contribution in [3.63, 3.8) is 0 Å². The fourth-order valence-corrected chi connectivity index (χ4v) is 7.73. The first-order valence-electron chi connectivity index (χ1n) is 11.3. The Balaban J connectivity index is 1.68. The molecule has 2 saturated heterocycles. The quantitative estimate of drug-likeness (QED) is 0.309. The third-order valence-corrected chi connectivity index (χ3v) is 9.86. The molecule has 6 atom stereocenters. The van der Waals surface area contributed by atoms with E-state index < -0.39 is 69.4 Å². The monoisotopic (exact) mass is 598 g/mol. The van der Waals surface area contributed by atoms with Gasteiger partial charge in [0.2, 0.25) is 11.8 Å². The number of aromatic hydroxyl groups is 1. The van der Waals surface area contributed by atoms with E-state index in [4.69, 9.17) is 28.3 Å². The van der Waals surface area contributed by atoms with E-state index in [9.17, 15) is 29.1 Å². The molecule has 190 valence electrons. The number of likely N-dealkylation sites (tertiary alicyclic amines) is 2. The van der Waals surface area contributed by atoms with Gasteiger partial charge in [-0.05, 0) is 37.0 Å². The number of aliphatic carboxylic acids is 1. The summed E-state index contributed by atoms with van der Waals surface area (Å²) in [7, 11) is 1.29. The molecule has 9 nitrogen and oxygen atoms in total. The molecule has 1 aromatic rings. The lowest BCUT2D eigenvalue weighted by atomic mass is 9.56. The number of alkyl halides is 2. The normalized spacial score (nSPS) is 35.5. The topological polar surface area (TPSA) is 132 Å². The number of hydrogen-bond acceptors (Lipinski definition) is 6. The van der Waals surface area contributed by atoms with Crippen LogP contribution in [0.5, 0.6) is 5.75 Å². The summed E-state index contributed by atoms with van der Waals surface area (Å²) in [4.78, 5) is 62.3. The van der Waals surface area contributed by atoms with Crippen molar-refractivity contribution in [1.29, 1.82) is 0 Å². The number of phenols is 1. The van der Waals surface area contributed by atoms with Gasteiger partial charge in [-0.1, -0.05) is 27.6 Å². The SMILES string of the molecule is CN1C(=O)[C@]2(Cl)C[C@@H]3C(=CC[C@@H]4C(=O)N(CCC(=O)O)C(=O)[C@@H]43)[C@H](c3cc(Br)ccc3O)[C@]2(Cl)C1=O. The van der Waals surface area contributed by atoms with E-state index in [1.165, 1.54) is 13.1 Å². The number of benzene rings is 1. The van der Waals surface area contributed by atoms with Crippen LogP contribution in [0.15, 0.2) is 34.3 Å². The molecule has 4 aliphatic rings. The Labute approximate surface area is 224 Å². The van der Waals surface area contributed by atoms with Crippen molar-refractivity contribution in [1.82, 2.24) is 9.80 Å². The van der Waals surface area contributed by atoms with Crippen LogP contribution in [0.4, 0.5) is 0 Å². The molecule has 5 rings (SSSR count). The van der Waals surface area contributed by atoms with Gasteiger partial charge in [0.25, 0.3) is 11.8 Å². The number of carbonyl (C=O) groups excluding carboxylic acids is 4. The third-order valence-electron chi connectivity index (χ3n) is 7.96. The first-order valence-corrected chi connectivity index (χ1v) is 12.8. The Hall–Kier alpha value is -2.43. The van der Waals surface area contributed by atoms with E-state index in [-0.39, 0.29) is 30.7 Å². The van der Waals surface area contributed by atoms with Gasteiger partial charge in [0.15, 0.2) is 9.75 Å². The largest absolute Gasteiger partial charge is 0.508 e. The van der Waals surface area contributed by atoms with Crippen LogP contribution in [0.1, 0.15) is 30.7 Å². The average molecular weight is 600 g/mol. The van der Waals surface area contributed by atoms with Crippen LogP contribution in [0.25, 0.3) is 0 Å². The number of hydrogen-bond donors (Lipinski definition) is 2. The lowest BCUT2D eigenvalue weighted by molar-refractivity contribution is -0.143. The lowest BCUT2D eigenvalue weighted by Gasteiger charge is -2.50. The molecule has 1 aromatic carbocycles. The maximum Gasteiger partial charge on any atom is 0.305 e. The average Bonchev–Trinajstić information content (AvgIpc) is 3.14. The summed E-state index contributed by atoms with van der Waals surface area (Å²) in [5.74, 6) is -7.19. The number of carboxylic acid groups (broad SMARTS) is 1. The van der Waals surface area contributed by atoms with E-state index in [0.717, 1.165) is 9.80 Å². The first kappa shape index (κ1) is 25.2. The van der Waals surface area contributed by atoms with Crippen molar-refractivity contribution >= 4 is 68.7 Å². The van der Waals surface area contributed by atoms with Gasteiger partial charge in [-0.3, -0.25) is 33.8 Å². The van der Waals surface area contributed by atoms with Crippen molar-refractivity contribution in [3.05, 3.63) is 39.9 Å². The van der Waals surface area contributed by atoms with E-state index >= 15 is 0 Å². The fraction of sp³-hybridized carbons (Fsp3) is 0.458. The summed E-state index contributed by atoms with van der Waals surface area (Å²) in [6, 6.07) is 4.62. The maximum atomic E-state index is 13.5. The Morgan fingerprint density at radius 1 is 1.14 bits per heavy atom. The minimum atomic E-state index is -1.98. The standard InChI is InChI=1S/C24H21BrCl2N2O7/c1-28-21(35)23(26)9-14-11(3-4-12-17(14)20(34)29(19(12)33)7-6-16(31)32)18(24(23,27)22(28)36)13-8-10(25)2-5-15(13)30/h2-3,5,8,12,14,17-18,30H,4,6-7,9H2,1H3,(H,31,32)/t12-,14+,17-,18+,23+,24-/m0/s1. The molecule has 1 saturated carbocycles. The molecule has 2 aliphatic carbocycles. The minimum Gasteiger partial charge on any atom is -0.508 e. The molecule has 2 heterocycles. The summed E-state index contributed by atoms with van der Waals surface area (Å²) in [6.45, 7) is -0.260. The van der Waals surface area contributed by atoms with Crippen LogP contribution < -0.4 is 0 Å². The van der Waals surface area contributed by atoms with Crippen LogP contribution in [0.2, 0.25) is 0 Å². The van der Waals surface area contributed by atoms with Crippen molar-refractivity contribution in [3.8, 4) is 5.75 Å². The molecule has 0 unspecified atom stereocenters. The van der Waals surface area contributed by atoms with Crippen molar-refractivity contribution in [2.45, 2.75) is 34.9 Å². The second-order valence-electron chi connectivity index (χ2n) is 9.67. The highest BCUT2D eigenvalue weighted by atomic mass is 79.9. The molecule has 0 radical (unpaired) electrons. The summed E-state index contributed by atoms with van der Waals surface area (Å²) in [5, 5.41) is 19.9. The van der Waals surface area contributed by atoms with Crippen LogP contribution >= 0.6 is 39.1 Å². The Morgan fingerprint density at radius 2 is 1.83 bits per heavy atom. The molecule has 2 N–H and O–H groups in total. The molecule has 0 spiro atoms. The number of fused-ring (bicyclic) bond motifs is 4. The van der Waals surface area contributed by atoms with Crippen molar-refractivity contribution < 1.29 is 34.2 Å². The highest BCUT2D eigenvalue weighted by Gasteiger charge is 2.76. The number of nitrogens with zero attached hydrogens (tertiary/aromatic N) is 2. The number of imide groups is 2. The number of phenolic OH excluding ortho intramolecular Hbond substituents is 1. The fourth-order valence-electron chi connectivity index (χ4n) is 6.34. The van der Waals surface area contributed by atoms with Gasteiger partial charge in [-0.15, -0.1) is 23.2 Å². The van der Waals surface area contributed by atoms with Crippen molar-refractivity contribution in [2.24, 2.45) is 17.8 Å². The maximum absolute atomic E-state index is 13.5. The predicted molar refractivity (Wildman–Crippen MR) is 130 cm³/mol. The van der Waals surface area contributed by atoms with Crippen molar-refractivity contribution in [2.75, 3.05) is 13.6 Å². The summed E-state index contributed by atoms with van der Waals surface area (Å²) < 4.78 is 0.587. The molecule has 2 aliphatic heterocycles. The second-order valence-corrected chi connectivity index (χ2v) is 11.8. The van der Waals surface area contributed by atoms with Gasteiger partial charge < -0.3 is 10.2 Å². The molecule has 0 bridgehead atoms. The molecule has 36 heavy (non-hydrogen) atoms. The van der Waals surface area contributed by atoms with Gasteiger partial charge >= 0.3 is 5.97 Å². The molecular weight excluding hydrogens is 579 g/mol. The van der Waals surface area contributed by atoms with Gasteiger partial charge in [0, 0.05) is 29.5 Å². The number of halogens is 3. The summed E-state index contributed by atoms with van der Waals surface area (Å²) in [5.41, 5.74) is 0.809. The Kier molecular flexibility index (Phi) is 5.81. The van der Waals surface area contributed by atoms with E-state index in [2.05, 4.69) is 15.9 Å². The highest BCUT2D eigenvalue weighted by Crippen LogP contribution is 2.66. The van der Waals surface area contributed by atoms with E-state index in [1.54, 1.807) is 18.2 Å². The lowest BCUT2D eigenvalue weighted by Crippen LogP contribution is -2.60. The third kappa shape index (κ3) is 3.16. The summed E-state index contributed by atoms with van der Waals surface area (Å²) in [6.07, 6.45) is 1.35. The smallest absolute Gasteiger partial charge is 0.305 e. The zero-order valence-corrected chi connectivity index (χ0v) is 22.0. The Bertz CT molecular complexity index is 1280. The molecular formula is C24H21BrCl2N2O7. The number of allylic oxidation sites excluding steroid dienone is 2. The zero-order valence-electron chi connectivity index (χ0n) is 18.9. The van der Waals surface area contributed by atoms with Gasteiger partial charge in [0.1, 0.15) is 5.75 Å². The molecule has 0 aromatic heterocycles. The van der Waals surface area contributed by atoms with Gasteiger partial charge in [-0.25, -0.2) is 0 Å². The van der Waals surface area contributed by atoms with E-state index in [1.807, 2.05) is 0 Å². The molecule has 4 amide bonds. The molecule has 3 fully saturated rings. The number of carbonyl (C=O) groups is 5. The Morgan fingerprint density at radius 3 is 2.50 bits per heavy atom. The van der Waals surface area contributed by atoms with E-state index in [0.29, 0.717) is 10.0 Å². The highest BCUT2D eigenvalue weighted by molar-refractivity contribution is 9.10. The van der Waals surface area contributed by atoms with Gasteiger partial charge in [-0.2, -0.15) is 0 Å². The zero-order chi connectivity index (χ0) is 26.3. The number of amides is 4. The van der Waals surface area contributed by atoms with Gasteiger partial charge in [0.05, 0.1) is 18.3 Å². The summed E-state index contributed by atoms with van der Waals surface area (Å²) >= 11 is 17.4. The van der Waals surface area contributed by atoms with Crippen LogP contribution in [0, 0.1) is 17.8 Å². The number of rotatable bonds is 4. The second kappa shape index (κ2) is 8.29. The first-order chi connectivity index (χ1) is 16.8. The predicted octanol–water partition coefficient (Wildman–Crippen LogP) is 2.62. The van der Waals surface area contributed by atoms with Crippen LogP contribution in [-0.4, -0.2) is 73.0 Å². The molecule has 12 heteroatoms. The van der Waals surface area contributed by atoms with Crippen LogP contribution in [0.3, 0.4) is 0 Å². The number of carboxylic acids is 1. The van der Waals surface area contributed by atoms with Crippen LogP contribution in [-0.2, 0) is 24.0 Å².